The van der Waals surface area contributed by atoms with Crippen molar-refractivity contribution in [3.05, 3.63) is 35.4 Å². The van der Waals surface area contributed by atoms with Crippen LogP contribution < -0.4 is 11.5 Å². The Morgan fingerprint density at radius 1 is 1.33 bits per heavy atom. The SMILES string of the molecule is NCc1ccccc1CS(=O)(=O)N1CCOCC1C(N)=O. The summed E-state index contributed by atoms with van der Waals surface area (Å²) >= 11 is 0. The number of nitrogens with two attached hydrogens (primary N) is 2. The summed E-state index contributed by atoms with van der Waals surface area (Å²) in [6.45, 7) is 0.628. The summed E-state index contributed by atoms with van der Waals surface area (Å²) in [5.74, 6) is -0.908. The first kappa shape index (κ1) is 15.9. The van der Waals surface area contributed by atoms with Gasteiger partial charge in [-0.15, -0.1) is 0 Å². The summed E-state index contributed by atoms with van der Waals surface area (Å²) in [6, 6.07) is 6.12. The van der Waals surface area contributed by atoms with Crippen LogP contribution in [0.2, 0.25) is 0 Å². The number of rotatable bonds is 5. The van der Waals surface area contributed by atoms with Crippen molar-refractivity contribution >= 4 is 15.9 Å². The monoisotopic (exact) mass is 313 g/mol. The number of carbonyl (C=O) groups excluding carboxylic acids is 1. The Kier molecular flexibility index (Phi) is 4.94. The Hall–Kier alpha value is -1.48. The quantitative estimate of drug-likeness (QED) is 0.735. The molecule has 1 saturated heterocycles. The highest BCUT2D eigenvalue weighted by Crippen LogP contribution is 2.19. The number of primary amides is 1. The molecule has 1 heterocycles. The molecule has 0 spiro atoms. The molecule has 0 bridgehead atoms. The summed E-state index contributed by atoms with van der Waals surface area (Å²) in [6.07, 6.45) is 0. The minimum atomic E-state index is -3.67. The Bertz CT molecular complexity index is 618. The molecule has 1 unspecified atom stereocenters. The van der Waals surface area contributed by atoms with Crippen LogP contribution >= 0.6 is 0 Å². The number of ether oxygens (including phenoxy) is 1. The van der Waals surface area contributed by atoms with Gasteiger partial charge < -0.3 is 16.2 Å². The second-order valence-electron chi connectivity index (χ2n) is 4.83. The van der Waals surface area contributed by atoms with Gasteiger partial charge in [-0.25, -0.2) is 8.42 Å². The topological polar surface area (TPSA) is 116 Å². The predicted octanol–water partition coefficient (Wildman–Crippen LogP) is -0.839. The van der Waals surface area contributed by atoms with Crippen LogP contribution in [0.15, 0.2) is 24.3 Å². The van der Waals surface area contributed by atoms with Gasteiger partial charge in [-0.3, -0.25) is 4.79 Å². The van der Waals surface area contributed by atoms with E-state index in [-0.39, 0.29) is 32.1 Å². The average molecular weight is 313 g/mol. The van der Waals surface area contributed by atoms with Gasteiger partial charge in [0.15, 0.2) is 0 Å². The van der Waals surface area contributed by atoms with E-state index in [2.05, 4.69) is 0 Å². The summed E-state index contributed by atoms with van der Waals surface area (Å²) < 4.78 is 31.4. The summed E-state index contributed by atoms with van der Waals surface area (Å²) in [5, 5.41) is 0. The number of morpholine rings is 1. The van der Waals surface area contributed by atoms with Crippen LogP contribution in [0.25, 0.3) is 0 Å². The van der Waals surface area contributed by atoms with Gasteiger partial charge in [0.25, 0.3) is 0 Å². The van der Waals surface area contributed by atoms with E-state index in [0.717, 1.165) is 9.87 Å². The lowest BCUT2D eigenvalue weighted by atomic mass is 10.1. The van der Waals surface area contributed by atoms with Crippen molar-refractivity contribution in [2.45, 2.75) is 18.3 Å². The number of hydrogen-bond acceptors (Lipinski definition) is 5. The minimum Gasteiger partial charge on any atom is -0.378 e. The average Bonchev–Trinajstić information content (AvgIpc) is 2.47. The number of carbonyl (C=O) groups is 1. The van der Waals surface area contributed by atoms with E-state index in [1.165, 1.54) is 0 Å². The zero-order valence-electron chi connectivity index (χ0n) is 11.6. The van der Waals surface area contributed by atoms with Crippen molar-refractivity contribution in [3.8, 4) is 0 Å². The smallest absolute Gasteiger partial charge is 0.238 e. The zero-order chi connectivity index (χ0) is 15.5. The van der Waals surface area contributed by atoms with Crippen LogP contribution in [0.3, 0.4) is 0 Å². The summed E-state index contributed by atoms with van der Waals surface area (Å²) in [7, 11) is -3.67. The van der Waals surface area contributed by atoms with Gasteiger partial charge in [0.05, 0.1) is 19.0 Å². The lowest BCUT2D eigenvalue weighted by molar-refractivity contribution is -0.125. The molecule has 0 radical (unpaired) electrons. The van der Waals surface area contributed by atoms with Crippen molar-refractivity contribution < 1.29 is 17.9 Å². The second kappa shape index (κ2) is 6.52. The molecule has 1 aliphatic heterocycles. The largest absolute Gasteiger partial charge is 0.378 e. The lowest BCUT2D eigenvalue weighted by Gasteiger charge is -2.32. The third-order valence-electron chi connectivity index (χ3n) is 3.44. The molecule has 1 aromatic carbocycles. The minimum absolute atomic E-state index is 0.00685. The van der Waals surface area contributed by atoms with E-state index in [1.807, 2.05) is 0 Å². The van der Waals surface area contributed by atoms with Crippen molar-refractivity contribution in [1.82, 2.24) is 4.31 Å². The first-order valence-corrected chi connectivity index (χ1v) is 8.20. The number of sulfonamides is 1. The number of amides is 1. The van der Waals surface area contributed by atoms with Crippen molar-refractivity contribution in [2.75, 3.05) is 19.8 Å². The van der Waals surface area contributed by atoms with E-state index in [4.69, 9.17) is 16.2 Å². The van der Waals surface area contributed by atoms with Crippen LogP contribution in [0.1, 0.15) is 11.1 Å². The van der Waals surface area contributed by atoms with Crippen molar-refractivity contribution in [3.63, 3.8) is 0 Å². The first-order chi connectivity index (χ1) is 9.95. The molecule has 1 fully saturated rings. The molecule has 1 aromatic rings. The van der Waals surface area contributed by atoms with Crippen LogP contribution in [-0.4, -0.2) is 44.4 Å². The molecule has 0 saturated carbocycles. The molecule has 1 atom stereocenters. The highest BCUT2D eigenvalue weighted by atomic mass is 32.2. The zero-order valence-corrected chi connectivity index (χ0v) is 12.4. The number of hydrogen-bond donors (Lipinski definition) is 2. The summed E-state index contributed by atoms with van der Waals surface area (Å²) in [5.41, 5.74) is 12.3. The van der Waals surface area contributed by atoms with Crippen LogP contribution in [0.5, 0.6) is 0 Å². The third kappa shape index (κ3) is 3.59. The van der Waals surface area contributed by atoms with Gasteiger partial charge in [0.1, 0.15) is 6.04 Å². The summed E-state index contributed by atoms with van der Waals surface area (Å²) in [4.78, 5) is 11.4. The van der Waals surface area contributed by atoms with E-state index in [1.54, 1.807) is 24.3 Å². The Morgan fingerprint density at radius 2 is 2.00 bits per heavy atom. The molecular formula is C13H19N3O4S. The van der Waals surface area contributed by atoms with Crippen LogP contribution in [0.4, 0.5) is 0 Å². The molecule has 7 nitrogen and oxygen atoms in total. The normalized spacial score (nSPS) is 20.3. The van der Waals surface area contributed by atoms with Gasteiger partial charge in [-0.1, -0.05) is 24.3 Å². The first-order valence-electron chi connectivity index (χ1n) is 6.59. The standard InChI is InChI=1S/C13H19N3O4S/c14-7-10-3-1-2-4-11(10)9-21(18,19)16-5-6-20-8-12(16)13(15)17/h1-4,12H,5-9,14H2,(H2,15,17). The van der Waals surface area contributed by atoms with Gasteiger partial charge in [-0.05, 0) is 11.1 Å². The van der Waals surface area contributed by atoms with Crippen molar-refractivity contribution in [2.24, 2.45) is 11.5 Å². The fourth-order valence-electron chi connectivity index (χ4n) is 2.32. The van der Waals surface area contributed by atoms with Crippen molar-refractivity contribution in [1.29, 1.82) is 0 Å². The highest BCUT2D eigenvalue weighted by Gasteiger charge is 2.36. The van der Waals surface area contributed by atoms with Gasteiger partial charge >= 0.3 is 0 Å². The number of benzene rings is 1. The Labute approximate surface area is 123 Å². The molecule has 1 aliphatic rings. The van der Waals surface area contributed by atoms with Crippen LogP contribution in [-0.2, 0) is 31.9 Å². The maximum absolute atomic E-state index is 12.6. The van der Waals surface area contributed by atoms with E-state index in [0.29, 0.717) is 5.56 Å². The fraction of sp³-hybridized carbons (Fsp3) is 0.462. The molecule has 0 aromatic heterocycles. The molecule has 4 N–H and O–H groups in total. The Morgan fingerprint density at radius 3 is 2.62 bits per heavy atom. The fourth-order valence-corrected chi connectivity index (χ4v) is 4.07. The van der Waals surface area contributed by atoms with E-state index < -0.39 is 22.0 Å². The number of nitrogens with zero attached hydrogens (tertiary/aromatic N) is 1. The van der Waals surface area contributed by atoms with E-state index in [9.17, 15) is 13.2 Å². The molecule has 116 valence electrons. The van der Waals surface area contributed by atoms with Gasteiger partial charge in [-0.2, -0.15) is 4.31 Å². The predicted molar refractivity (Wildman–Crippen MR) is 77.5 cm³/mol. The molecular weight excluding hydrogens is 294 g/mol. The third-order valence-corrected chi connectivity index (χ3v) is 5.27. The maximum atomic E-state index is 12.6. The second-order valence-corrected chi connectivity index (χ2v) is 6.75. The molecule has 2 rings (SSSR count). The molecule has 1 amide bonds. The van der Waals surface area contributed by atoms with Gasteiger partial charge in [0.2, 0.25) is 15.9 Å². The maximum Gasteiger partial charge on any atom is 0.238 e. The molecule has 0 aliphatic carbocycles. The molecule has 8 heteroatoms. The highest BCUT2D eigenvalue weighted by molar-refractivity contribution is 7.88. The van der Waals surface area contributed by atoms with Crippen LogP contribution in [0, 0.1) is 0 Å². The van der Waals surface area contributed by atoms with E-state index >= 15 is 0 Å². The Balaban J connectivity index is 2.26. The lowest BCUT2D eigenvalue weighted by Crippen LogP contribution is -2.54. The van der Waals surface area contributed by atoms with Gasteiger partial charge in [0, 0.05) is 13.1 Å². The molecule has 21 heavy (non-hydrogen) atoms.